The Balaban J connectivity index is 0.00000192. The van der Waals surface area contributed by atoms with E-state index in [0.29, 0.717) is 18.8 Å². The minimum absolute atomic E-state index is 0. The molecule has 0 radical (unpaired) electrons. The smallest absolute Gasteiger partial charge is 0.290 e. The van der Waals surface area contributed by atoms with Crippen LogP contribution in [0.15, 0.2) is 41.0 Å². The van der Waals surface area contributed by atoms with Crippen LogP contribution in [-0.4, -0.2) is 37.6 Å². The van der Waals surface area contributed by atoms with Gasteiger partial charge in [-0.05, 0) is 19.1 Å². The van der Waals surface area contributed by atoms with Gasteiger partial charge < -0.3 is 19.4 Å². The van der Waals surface area contributed by atoms with Crippen molar-refractivity contribution < 1.29 is 13.9 Å². The molecule has 2 aromatic rings. The van der Waals surface area contributed by atoms with Crippen molar-refractivity contribution in [2.24, 2.45) is 0 Å². The van der Waals surface area contributed by atoms with Crippen LogP contribution in [0.3, 0.4) is 0 Å². The zero-order chi connectivity index (χ0) is 15.5. The highest BCUT2D eigenvalue weighted by atomic mass is 35.5. The molecule has 1 fully saturated rings. The lowest BCUT2D eigenvalue weighted by Crippen LogP contribution is -2.48. The summed E-state index contributed by atoms with van der Waals surface area (Å²) < 4.78 is 10.8. The van der Waals surface area contributed by atoms with Gasteiger partial charge in [-0.15, -0.1) is 12.4 Å². The number of hydrogen-bond acceptors (Lipinski definition) is 4. The van der Waals surface area contributed by atoms with E-state index in [0.717, 1.165) is 23.4 Å². The average Bonchev–Trinajstić information content (AvgIpc) is 3.00. The largest absolute Gasteiger partial charge is 0.496 e. The van der Waals surface area contributed by atoms with Crippen LogP contribution in [0.4, 0.5) is 0 Å². The number of nitrogens with zero attached hydrogens (tertiary/aromatic N) is 1. The summed E-state index contributed by atoms with van der Waals surface area (Å²) in [4.78, 5) is 14.7. The highest BCUT2D eigenvalue weighted by Crippen LogP contribution is 2.31. The van der Waals surface area contributed by atoms with Crippen LogP contribution in [0.1, 0.15) is 27.7 Å². The lowest BCUT2D eigenvalue weighted by molar-refractivity contribution is 0.0598. The van der Waals surface area contributed by atoms with Crippen molar-refractivity contribution in [3.05, 3.63) is 53.5 Å². The molecular formula is C17H21ClN2O3. The SMILES string of the molecule is COc1ccccc1C1CNCCN1C(=O)c1occc1C.Cl. The van der Waals surface area contributed by atoms with E-state index in [1.807, 2.05) is 42.2 Å². The zero-order valence-electron chi connectivity index (χ0n) is 13.2. The van der Waals surface area contributed by atoms with Crippen molar-refractivity contribution >= 4 is 18.3 Å². The quantitative estimate of drug-likeness (QED) is 0.936. The first-order chi connectivity index (χ1) is 10.7. The molecule has 1 aliphatic heterocycles. The van der Waals surface area contributed by atoms with Crippen LogP contribution in [0.25, 0.3) is 0 Å². The molecule has 5 nitrogen and oxygen atoms in total. The summed E-state index contributed by atoms with van der Waals surface area (Å²) in [6, 6.07) is 9.57. The van der Waals surface area contributed by atoms with Crippen molar-refractivity contribution in [3.8, 4) is 5.75 Å². The van der Waals surface area contributed by atoms with E-state index in [-0.39, 0.29) is 24.4 Å². The molecule has 1 aromatic carbocycles. The van der Waals surface area contributed by atoms with Crippen molar-refractivity contribution in [2.75, 3.05) is 26.7 Å². The second-order valence-corrected chi connectivity index (χ2v) is 5.39. The fourth-order valence-electron chi connectivity index (χ4n) is 2.89. The Morgan fingerprint density at radius 3 is 2.83 bits per heavy atom. The number of piperazine rings is 1. The third-order valence-corrected chi connectivity index (χ3v) is 4.06. The Morgan fingerprint density at radius 1 is 1.35 bits per heavy atom. The van der Waals surface area contributed by atoms with Gasteiger partial charge in [0, 0.05) is 30.8 Å². The van der Waals surface area contributed by atoms with Crippen LogP contribution < -0.4 is 10.1 Å². The molecule has 1 amide bonds. The molecule has 1 unspecified atom stereocenters. The van der Waals surface area contributed by atoms with Gasteiger partial charge in [0.2, 0.25) is 0 Å². The standard InChI is InChI=1S/C17H20N2O3.ClH/c1-12-7-10-22-16(12)17(20)19-9-8-18-11-14(19)13-5-3-4-6-15(13)21-2;/h3-7,10,14,18H,8-9,11H2,1-2H3;1H. The lowest BCUT2D eigenvalue weighted by atomic mass is 10.0. The van der Waals surface area contributed by atoms with Gasteiger partial charge in [-0.25, -0.2) is 0 Å². The summed E-state index contributed by atoms with van der Waals surface area (Å²) in [6.45, 7) is 4.00. The number of hydrogen-bond donors (Lipinski definition) is 1. The van der Waals surface area contributed by atoms with E-state index >= 15 is 0 Å². The topological polar surface area (TPSA) is 54.7 Å². The molecular weight excluding hydrogens is 316 g/mol. The maximum Gasteiger partial charge on any atom is 0.290 e. The number of nitrogens with one attached hydrogen (secondary N) is 1. The van der Waals surface area contributed by atoms with Gasteiger partial charge >= 0.3 is 0 Å². The Morgan fingerprint density at radius 2 is 2.13 bits per heavy atom. The molecule has 0 bridgehead atoms. The van der Waals surface area contributed by atoms with Crippen LogP contribution >= 0.6 is 12.4 Å². The number of methoxy groups -OCH3 is 1. The molecule has 124 valence electrons. The summed E-state index contributed by atoms with van der Waals surface area (Å²) in [5.74, 6) is 1.15. The number of furan rings is 1. The number of carbonyl (C=O) groups is 1. The number of rotatable bonds is 3. The summed E-state index contributed by atoms with van der Waals surface area (Å²) in [6.07, 6.45) is 1.56. The Bertz CT molecular complexity index is 671. The fraction of sp³-hybridized carbons (Fsp3) is 0.353. The average molecular weight is 337 g/mol. The highest BCUT2D eigenvalue weighted by molar-refractivity contribution is 5.93. The molecule has 0 spiro atoms. The van der Waals surface area contributed by atoms with Crippen molar-refractivity contribution in [1.29, 1.82) is 0 Å². The van der Waals surface area contributed by atoms with E-state index in [9.17, 15) is 4.79 Å². The van der Waals surface area contributed by atoms with Crippen LogP contribution in [-0.2, 0) is 0 Å². The van der Waals surface area contributed by atoms with Gasteiger partial charge in [-0.1, -0.05) is 18.2 Å². The highest BCUT2D eigenvalue weighted by Gasteiger charge is 2.32. The summed E-state index contributed by atoms with van der Waals surface area (Å²) in [7, 11) is 1.65. The van der Waals surface area contributed by atoms with Gasteiger partial charge in [-0.2, -0.15) is 0 Å². The van der Waals surface area contributed by atoms with Gasteiger partial charge in [0.25, 0.3) is 5.91 Å². The molecule has 1 saturated heterocycles. The first-order valence-electron chi connectivity index (χ1n) is 7.41. The van der Waals surface area contributed by atoms with E-state index in [1.54, 1.807) is 13.4 Å². The number of aryl methyl sites for hydroxylation is 1. The molecule has 1 N–H and O–H groups in total. The van der Waals surface area contributed by atoms with Gasteiger partial charge in [0.05, 0.1) is 19.4 Å². The second-order valence-electron chi connectivity index (χ2n) is 5.39. The van der Waals surface area contributed by atoms with E-state index in [2.05, 4.69) is 5.32 Å². The van der Waals surface area contributed by atoms with E-state index < -0.39 is 0 Å². The first-order valence-corrected chi connectivity index (χ1v) is 7.41. The Hall–Kier alpha value is -1.98. The predicted molar refractivity (Wildman–Crippen MR) is 90.3 cm³/mol. The number of benzene rings is 1. The first kappa shape index (κ1) is 17.4. The molecule has 1 atom stereocenters. The second kappa shape index (κ2) is 7.53. The maximum atomic E-state index is 12.8. The molecule has 23 heavy (non-hydrogen) atoms. The zero-order valence-corrected chi connectivity index (χ0v) is 14.1. The Labute approximate surface area is 142 Å². The van der Waals surface area contributed by atoms with Crippen molar-refractivity contribution in [1.82, 2.24) is 10.2 Å². The lowest BCUT2D eigenvalue weighted by Gasteiger charge is -2.36. The number of halogens is 1. The minimum Gasteiger partial charge on any atom is -0.496 e. The van der Waals surface area contributed by atoms with Crippen LogP contribution in [0.2, 0.25) is 0 Å². The molecule has 3 rings (SSSR count). The molecule has 1 aliphatic rings. The van der Waals surface area contributed by atoms with E-state index in [1.165, 1.54) is 0 Å². The number of carbonyl (C=O) groups excluding carboxylic acids is 1. The third kappa shape index (κ3) is 3.35. The minimum atomic E-state index is -0.0695. The van der Waals surface area contributed by atoms with Gasteiger partial charge in [-0.3, -0.25) is 4.79 Å². The Kier molecular flexibility index (Phi) is 5.69. The molecule has 6 heteroatoms. The van der Waals surface area contributed by atoms with Crippen LogP contribution in [0.5, 0.6) is 5.75 Å². The van der Waals surface area contributed by atoms with Crippen LogP contribution in [0, 0.1) is 6.92 Å². The monoisotopic (exact) mass is 336 g/mol. The number of ether oxygens (including phenoxy) is 1. The fourth-order valence-corrected chi connectivity index (χ4v) is 2.89. The molecule has 1 aromatic heterocycles. The summed E-state index contributed by atoms with van der Waals surface area (Å²) in [5.41, 5.74) is 1.87. The molecule has 2 heterocycles. The number of amides is 1. The molecule has 0 saturated carbocycles. The van der Waals surface area contributed by atoms with Gasteiger partial charge in [0.1, 0.15) is 5.75 Å². The van der Waals surface area contributed by atoms with Crippen molar-refractivity contribution in [2.45, 2.75) is 13.0 Å². The van der Waals surface area contributed by atoms with Crippen molar-refractivity contribution in [3.63, 3.8) is 0 Å². The van der Waals surface area contributed by atoms with E-state index in [4.69, 9.17) is 9.15 Å². The maximum absolute atomic E-state index is 12.8. The number of para-hydroxylation sites is 1. The molecule has 0 aliphatic carbocycles. The van der Waals surface area contributed by atoms with Gasteiger partial charge in [0.15, 0.2) is 5.76 Å². The summed E-state index contributed by atoms with van der Waals surface area (Å²) in [5, 5.41) is 3.35. The predicted octanol–water partition coefficient (Wildman–Crippen LogP) is 2.81. The summed E-state index contributed by atoms with van der Waals surface area (Å²) >= 11 is 0. The third-order valence-electron chi connectivity index (χ3n) is 4.06. The normalized spacial score (nSPS) is 17.5.